The standard InChI is InChI=1S/C16H18BrNS/c1-11-5-3-4-6-14(11)10-19-16-8-7-13(12(2)18)9-15(16)17/h3-9,12H,10,18H2,1-2H3/t12-/m1/s1. The van der Waals surface area contributed by atoms with E-state index in [0.717, 1.165) is 15.8 Å². The summed E-state index contributed by atoms with van der Waals surface area (Å²) in [6.45, 7) is 4.16. The summed E-state index contributed by atoms with van der Waals surface area (Å²) in [4.78, 5) is 1.26. The fraction of sp³-hybridized carbons (Fsp3) is 0.250. The van der Waals surface area contributed by atoms with Crippen LogP contribution in [0.25, 0.3) is 0 Å². The van der Waals surface area contributed by atoms with Crippen molar-refractivity contribution in [1.29, 1.82) is 0 Å². The molecule has 0 bridgehead atoms. The van der Waals surface area contributed by atoms with Crippen molar-refractivity contribution in [1.82, 2.24) is 0 Å². The van der Waals surface area contributed by atoms with E-state index in [2.05, 4.69) is 65.3 Å². The van der Waals surface area contributed by atoms with Crippen LogP contribution in [0, 0.1) is 6.92 Å². The maximum atomic E-state index is 5.89. The highest BCUT2D eigenvalue weighted by molar-refractivity contribution is 9.10. The average molecular weight is 336 g/mol. The highest BCUT2D eigenvalue weighted by Gasteiger charge is 2.06. The number of nitrogens with two attached hydrogens (primary N) is 1. The van der Waals surface area contributed by atoms with Crippen molar-refractivity contribution in [3.8, 4) is 0 Å². The first kappa shape index (κ1) is 14.6. The summed E-state index contributed by atoms with van der Waals surface area (Å²) in [5, 5.41) is 0. The molecule has 1 atom stereocenters. The number of hydrogen-bond acceptors (Lipinski definition) is 2. The van der Waals surface area contributed by atoms with Crippen LogP contribution in [0.4, 0.5) is 0 Å². The van der Waals surface area contributed by atoms with Crippen molar-refractivity contribution >= 4 is 27.7 Å². The van der Waals surface area contributed by atoms with E-state index >= 15 is 0 Å². The Hall–Kier alpha value is -0.770. The zero-order valence-corrected chi connectivity index (χ0v) is 13.6. The van der Waals surface area contributed by atoms with Crippen LogP contribution in [0.15, 0.2) is 51.8 Å². The molecule has 3 heteroatoms. The van der Waals surface area contributed by atoms with Gasteiger partial charge in [-0.25, -0.2) is 0 Å². The Labute approximate surface area is 127 Å². The van der Waals surface area contributed by atoms with Crippen molar-refractivity contribution in [2.75, 3.05) is 0 Å². The minimum absolute atomic E-state index is 0.0757. The molecular weight excluding hydrogens is 318 g/mol. The Kier molecular flexibility index (Phi) is 5.08. The van der Waals surface area contributed by atoms with Gasteiger partial charge in [-0.3, -0.25) is 0 Å². The topological polar surface area (TPSA) is 26.0 Å². The van der Waals surface area contributed by atoms with E-state index in [-0.39, 0.29) is 6.04 Å². The van der Waals surface area contributed by atoms with Crippen LogP contribution in [0.3, 0.4) is 0 Å². The normalized spacial score (nSPS) is 12.4. The Morgan fingerprint density at radius 2 is 1.95 bits per heavy atom. The number of halogens is 1. The molecule has 0 aromatic heterocycles. The van der Waals surface area contributed by atoms with E-state index in [9.17, 15) is 0 Å². The van der Waals surface area contributed by atoms with Crippen molar-refractivity contribution in [2.24, 2.45) is 5.73 Å². The van der Waals surface area contributed by atoms with Crippen molar-refractivity contribution in [3.63, 3.8) is 0 Å². The lowest BCUT2D eigenvalue weighted by Gasteiger charge is -2.10. The fourth-order valence-electron chi connectivity index (χ4n) is 1.84. The predicted molar refractivity (Wildman–Crippen MR) is 87.5 cm³/mol. The lowest BCUT2D eigenvalue weighted by atomic mass is 10.1. The van der Waals surface area contributed by atoms with Gasteiger partial charge in [0.1, 0.15) is 0 Å². The van der Waals surface area contributed by atoms with E-state index in [1.807, 2.05) is 18.7 Å². The third kappa shape index (κ3) is 3.85. The van der Waals surface area contributed by atoms with Gasteiger partial charge in [-0.1, -0.05) is 30.3 Å². The van der Waals surface area contributed by atoms with Crippen molar-refractivity contribution < 1.29 is 0 Å². The van der Waals surface area contributed by atoms with Gasteiger partial charge in [0, 0.05) is 21.2 Å². The molecule has 0 spiro atoms. The highest BCUT2D eigenvalue weighted by atomic mass is 79.9. The summed E-state index contributed by atoms with van der Waals surface area (Å²) in [6.07, 6.45) is 0. The van der Waals surface area contributed by atoms with Crippen LogP contribution in [0.2, 0.25) is 0 Å². The van der Waals surface area contributed by atoms with Crippen LogP contribution < -0.4 is 5.73 Å². The van der Waals surface area contributed by atoms with Crippen LogP contribution >= 0.6 is 27.7 Å². The first-order valence-electron chi connectivity index (χ1n) is 6.30. The van der Waals surface area contributed by atoms with Crippen LogP contribution in [0.5, 0.6) is 0 Å². The van der Waals surface area contributed by atoms with E-state index in [4.69, 9.17) is 5.73 Å². The molecule has 0 amide bonds. The monoisotopic (exact) mass is 335 g/mol. The molecule has 1 nitrogen and oxygen atoms in total. The van der Waals surface area contributed by atoms with Gasteiger partial charge in [-0.05, 0) is 58.6 Å². The molecule has 0 aliphatic heterocycles. The summed E-state index contributed by atoms with van der Waals surface area (Å²) in [7, 11) is 0. The third-order valence-corrected chi connectivity index (χ3v) is 5.17. The summed E-state index contributed by atoms with van der Waals surface area (Å²) in [5.41, 5.74) is 9.78. The largest absolute Gasteiger partial charge is 0.324 e. The molecule has 2 aromatic rings. The first-order valence-corrected chi connectivity index (χ1v) is 8.08. The highest BCUT2D eigenvalue weighted by Crippen LogP contribution is 2.32. The second kappa shape index (κ2) is 6.60. The summed E-state index contributed by atoms with van der Waals surface area (Å²) < 4.78 is 1.13. The number of thioether (sulfide) groups is 1. The molecule has 0 saturated heterocycles. The van der Waals surface area contributed by atoms with Gasteiger partial charge < -0.3 is 5.73 Å². The van der Waals surface area contributed by atoms with E-state index in [1.54, 1.807) is 0 Å². The molecule has 0 unspecified atom stereocenters. The van der Waals surface area contributed by atoms with Gasteiger partial charge in [0.15, 0.2) is 0 Å². The molecule has 0 heterocycles. The molecule has 0 aliphatic rings. The fourth-order valence-corrected chi connectivity index (χ4v) is 3.58. The van der Waals surface area contributed by atoms with Crippen molar-refractivity contribution in [3.05, 3.63) is 63.6 Å². The summed E-state index contributed by atoms with van der Waals surface area (Å²) in [5.74, 6) is 0.989. The summed E-state index contributed by atoms with van der Waals surface area (Å²) in [6, 6.07) is 15.0. The van der Waals surface area contributed by atoms with Gasteiger partial charge in [0.05, 0.1) is 0 Å². The van der Waals surface area contributed by atoms with Gasteiger partial charge in [0.2, 0.25) is 0 Å². The Morgan fingerprint density at radius 3 is 2.58 bits per heavy atom. The second-order valence-corrected chi connectivity index (χ2v) is 6.57. The first-order chi connectivity index (χ1) is 9.08. The maximum absolute atomic E-state index is 5.89. The van der Waals surface area contributed by atoms with E-state index in [1.165, 1.54) is 16.0 Å². The number of benzene rings is 2. The molecule has 19 heavy (non-hydrogen) atoms. The molecule has 0 fully saturated rings. The van der Waals surface area contributed by atoms with E-state index < -0.39 is 0 Å². The lowest BCUT2D eigenvalue weighted by Crippen LogP contribution is -2.04. The van der Waals surface area contributed by atoms with Crippen LogP contribution in [-0.4, -0.2) is 0 Å². The molecule has 2 aromatic carbocycles. The summed E-state index contributed by atoms with van der Waals surface area (Å²) >= 11 is 5.48. The smallest absolute Gasteiger partial charge is 0.0314 e. The zero-order valence-electron chi connectivity index (χ0n) is 11.2. The SMILES string of the molecule is Cc1ccccc1CSc1ccc([C@@H](C)N)cc1Br. The molecule has 0 aliphatic carbocycles. The predicted octanol–water partition coefficient (Wildman–Crippen LogP) is 5.07. The Bertz CT molecular complexity index is 566. The van der Waals surface area contributed by atoms with Gasteiger partial charge >= 0.3 is 0 Å². The molecule has 0 saturated carbocycles. The van der Waals surface area contributed by atoms with Crippen LogP contribution in [0.1, 0.15) is 29.7 Å². The average Bonchev–Trinajstić information content (AvgIpc) is 2.39. The van der Waals surface area contributed by atoms with Crippen LogP contribution in [-0.2, 0) is 5.75 Å². The maximum Gasteiger partial charge on any atom is 0.0314 e. The van der Waals surface area contributed by atoms with Gasteiger partial charge in [0.25, 0.3) is 0 Å². The molecule has 2 N–H and O–H groups in total. The number of hydrogen-bond donors (Lipinski definition) is 1. The third-order valence-electron chi connectivity index (χ3n) is 3.13. The van der Waals surface area contributed by atoms with E-state index in [0.29, 0.717) is 0 Å². The quantitative estimate of drug-likeness (QED) is 0.789. The van der Waals surface area contributed by atoms with Gasteiger partial charge in [-0.2, -0.15) is 0 Å². The molecule has 0 radical (unpaired) electrons. The second-order valence-electron chi connectivity index (χ2n) is 4.69. The van der Waals surface area contributed by atoms with Crippen molar-refractivity contribution in [2.45, 2.75) is 30.5 Å². The molecular formula is C16H18BrNS. The molecule has 2 rings (SSSR count). The minimum Gasteiger partial charge on any atom is -0.324 e. The Morgan fingerprint density at radius 1 is 1.21 bits per heavy atom. The number of rotatable bonds is 4. The van der Waals surface area contributed by atoms with Gasteiger partial charge in [-0.15, -0.1) is 11.8 Å². The zero-order chi connectivity index (χ0) is 13.8. The lowest BCUT2D eigenvalue weighted by molar-refractivity contribution is 0.815. The Balaban J connectivity index is 2.10. The molecule has 100 valence electrons. The minimum atomic E-state index is 0.0757. The number of aryl methyl sites for hydroxylation is 1.